The minimum absolute atomic E-state index is 0.0668. The first kappa shape index (κ1) is 15.8. The molecule has 0 fully saturated rings. The van der Waals surface area contributed by atoms with E-state index >= 15 is 0 Å². The summed E-state index contributed by atoms with van der Waals surface area (Å²) in [5.41, 5.74) is 0.590. The van der Waals surface area contributed by atoms with Crippen LogP contribution in [0.25, 0.3) is 0 Å². The van der Waals surface area contributed by atoms with Crippen LogP contribution >= 0.6 is 38.5 Å². The predicted molar refractivity (Wildman–Crippen MR) is 83.9 cm³/mol. The van der Waals surface area contributed by atoms with Crippen LogP contribution in [0.2, 0.25) is 0 Å². The summed E-state index contributed by atoms with van der Waals surface area (Å²) in [6, 6.07) is 4.85. The maximum Gasteiger partial charge on any atom is 0.323 e. The highest BCUT2D eigenvalue weighted by Gasteiger charge is 2.16. The molecule has 1 aromatic rings. The lowest BCUT2D eigenvalue weighted by molar-refractivity contribution is -0.137. The zero-order valence-corrected chi connectivity index (χ0v) is 13.4. The topological polar surface area (TPSA) is 69.6 Å². The molecule has 0 heterocycles. The van der Waals surface area contributed by atoms with Crippen LogP contribution in [0.1, 0.15) is 0 Å². The van der Waals surface area contributed by atoms with Gasteiger partial charge in [-0.05, 0) is 40.8 Å². The van der Waals surface area contributed by atoms with Gasteiger partial charge in [0.05, 0.1) is 12.2 Å². The molecule has 1 aromatic carbocycles. The summed E-state index contributed by atoms with van der Waals surface area (Å²) < 4.78 is 1.65. The normalized spacial score (nSPS) is 9.53. The van der Waals surface area contributed by atoms with E-state index in [0.29, 0.717) is 5.69 Å². The number of terminal acetylenes is 1. The summed E-state index contributed by atoms with van der Waals surface area (Å²) >= 11 is 5.37. The van der Waals surface area contributed by atoms with Crippen LogP contribution in [0, 0.1) is 15.9 Å². The molecule has 0 radical (unpaired) electrons. The third kappa shape index (κ3) is 5.08. The van der Waals surface area contributed by atoms with E-state index in [1.165, 1.54) is 0 Å². The Labute approximate surface area is 132 Å². The van der Waals surface area contributed by atoms with E-state index in [2.05, 4.69) is 49.8 Å². The average molecular weight is 437 g/mol. The number of carboxylic acids is 1. The number of nitrogens with zero attached hydrogens (tertiary/aromatic N) is 1. The van der Waals surface area contributed by atoms with Crippen molar-refractivity contribution < 1.29 is 14.7 Å². The van der Waals surface area contributed by atoms with Gasteiger partial charge < -0.3 is 15.3 Å². The second-order valence-corrected chi connectivity index (χ2v) is 5.59. The van der Waals surface area contributed by atoms with E-state index < -0.39 is 18.5 Å². The number of carbonyl (C=O) groups is 2. The summed E-state index contributed by atoms with van der Waals surface area (Å²) in [6.07, 6.45) is 5.12. The van der Waals surface area contributed by atoms with Crippen molar-refractivity contribution in [2.75, 3.05) is 18.4 Å². The Kier molecular flexibility index (Phi) is 6.11. The van der Waals surface area contributed by atoms with Crippen molar-refractivity contribution in [2.45, 2.75) is 0 Å². The molecule has 1 rings (SSSR count). The number of hydrogen-bond acceptors (Lipinski definition) is 2. The van der Waals surface area contributed by atoms with Crippen molar-refractivity contribution in [2.24, 2.45) is 0 Å². The third-order valence-corrected chi connectivity index (χ3v) is 3.50. The number of nitrogens with one attached hydrogen (secondary N) is 1. The van der Waals surface area contributed by atoms with Crippen molar-refractivity contribution in [3.63, 3.8) is 0 Å². The van der Waals surface area contributed by atoms with Gasteiger partial charge in [0.15, 0.2) is 0 Å². The quantitative estimate of drug-likeness (QED) is 0.563. The minimum atomic E-state index is -1.12. The highest BCUT2D eigenvalue weighted by Crippen LogP contribution is 2.23. The van der Waals surface area contributed by atoms with Gasteiger partial charge in [-0.3, -0.25) is 4.79 Å². The first-order valence-electron chi connectivity index (χ1n) is 5.10. The van der Waals surface area contributed by atoms with Crippen molar-refractivity contribution in [1.82, 2.24) is 4.90 Å². The lowest BCUT2D eigenvalue weighted by Crippen LogP contribution is -2.39. The first-order chi connectivity index (χ1) is 8.93. The standard InChI is InChI=1S/C12H10BrIN2O3/c1-2-5-16(7-11(17)18)12(19)15-10-6-8(13)3-4-9(10)14/h1,3-4,6H,5,7H2,(H,15,19)(H,17,18). The maximum atomic E-state index is 11.9. The molecule has 7 heteroatoms. The number of carbonyl (C=O) groups excluding carboxylic acids is 1. The Hall–Kier alpha value is -1.27. The van der Waals surface area contributed by atoms with Crippen LogP contribution < -0.4 is 5.32 Å². The molecular weight excluding hydrogens is 427 g/mol. The van der Waals surface area contributed by atoms with Gasteiger partial charge in [-0.1, -0.05) is 21.9 Å². The number of amides is 2. The molecule has 0 aliphatic carbocycles. The number of rotatable bonds is 4. The zero-order chi connectivity index (χ0) is 14.4. The number of halogens is 2. The number of hydrogen-bond donors (Lipinski definition) is 2. The van der Waals surface area contributed by atoms with Gasteiger partial charge in [0.25, 0.3) is 0 Å². The lowest BCUT2D eigenvalue weighted by Gasteiger charge is -2.19. The molecule has 2 amide bonds. The van der Waals surface area contributed by atoms with Gasteiger partial charge in [-0.25, -0.2) is 4.79 Å². The van der Waals surface area contributed by atoms with E-state index in [9.17, 15) is 9.59 Å². The van der Waals surface area contributed by atoms with Gasteiger partial charge in [-0.2, -0.15) is 0 Å². The third-order valence-electron chi connectivity index (χ3n) is 2.07. The Morgan fingerprint density at radius 3 is 2.79 bits per heavy atom. The molecule has 19 heavy (non-hydrogen) atoms. The molecule has 0 saturated carbocycles. The van der Waals surface area contributed by atoms with Gasteiger partial charge in [-0.15, -0.1) is 6.42 Å². The highest BCUT2D eigenvalue weighted by atomic mass is 127. The maximum absolute atomic E-state index is 11.9. The molecule has 0 aliphatic heterocycles. The Morgan fingerprint density at radius 1 is 1.53 bits per heavy atom. The number of anilines is 1. The van der Waals surface area contributed by atoms with Crippen molar-refractivity contribution >= 4 is 56.2 Å². The van der Waals surface area contributed by atoms with E-state index in [-0.39, 0.29) is 6.54 Å². The molecule has 0 aliphatic rings. The fourth-order valence-corrected chi connectivity index (χ4v) is 2.09. The number of aliphatic carboxylic acids is 1. The number of urea groups is 1. The second kappa shape index (κ2) is 7.35. The Balaban J connectivity index is 2.84. The van der Waals surface area contributed by atoms with E-state index in [1.807, 2.05) is 12.1 Å². The van der Waals surface area contributed by atoms with E-state index in [4.69, 9.17) is 11.5 Å². The van der Waals surface area contributed by atoms with Crippen LogP contribution in [0.3, 0.4) is 0 Å². The van der Waals surface area contributed by atoms with Crippen LogP contribution in [0.4, 0.5) is 10.5 Å². The molecule has 0 unspecified atom stereocenters. The smallest absolute Gasteiger partial charge is 0.323 e. The highest BCUT2D eigenvalue weighted by molar-refractivity contribution is 14.1. The predicted octanol–water partition coefficient (Wildman–Crippen LogP) is 2.61. The zero-order valence-electron chi connectivity index (χ0n) is 9.69. The van der Waals surface area contributed by atoms with Gasteiger partial charge >= 0.3 is 12.0 Å². The van der Waals surface area contributed by atoms with Gasteiger partial charge in [0.1, 0.15) is 6.54 Å². The minimum Gasteiger partial charge on any atom is -0.480 e. The molecule has 0 atom stereocenters. The molecule has 0 saturated heterocycles. The summed E-state index contributed by atoms with van der Waals surface area (Å²) in [4.78, 5) is 23.6. The molecule has 0 spiro atoms. The summed E-state index contributed by atoms with van der Waals surface area (Å²) in [5.74, 6) is 1.14. The van der Waals surface area contributed by atoms with Crippen LogP contribution in [0.5, 0.6) is 0 Å². The molecule has 2 N–H and O–H groups in total. The monoisotopic (exact) mass is 436 g/mol. The van der Waals surface area contributed by atoms with Crippen molar-refractivity contribution in [3.05, 3.63) is 26.2 Å². The van der Waals surface area contributed by atoms with Gasteiger partial charge in [0, 0.05) is 8.04 Å². The summed E-state index contributed by atoms with van der Waals surface area (Å²) in [6.45, 7) is -0.511. The SMILES string of the molecule is C#CCN(CC(=O)O)C(=O)Nc1cc(Br)ccc1I. The lowest BCUT2D eigenvalue weighted by atomic mass is 10.3. The van der Waals surface area contributed by atoms with Crippen molar-refractivity contribution in [3.8, 4) is 12.3 Å². The van der Waals surface area contributed by atoms with E-state index in [1.54, 1.807) is 6.07 Å². The number of benzene rings is 1. The molecular formula is C12H10BrIN2O3. The van der Waals surface area contributed by atoms with Gasteiger partial charge in [0.2, 0.25) is 0 Å². The Morgan fingerprint density at radius 2 is 2.21 bits per heavy atom. The average Bonchev–Trinajstić information content (AvgIpc) is 2.32. The second-order valence-electron chi connectivity index (χ2n) is 3.51. The first-order valence-corrected chi connectivity index (χ1v) is 6.97. The molecule has 0 aromatic heterocycles. The number of carboxylic acid groups (broad SMARTS) is 1. The fraction of sp³-hybridized carbons (Fsp3) is 0.167. The largest absolute Gasteiger partial charge is 0.480 e. The summed E-state index contributed by atoms with van der Waals surface area (Å²) in [5, 5.41) is 11.4. The van der Waals surface area contributed by atoms with Crippen LogP contribution in [0.15, 0.2) is 22.7 Å². The van der Waals surface area contributed by atoms with E-state index in [0.717, 1.165) is 12.9 Å². The van der Waals surface area contributed by atoms with Crippen LogP contribution in [-0.4, -0.2) is 35.1 Å². The molecule has 0 bridgehead atoms. The molecule has 100 valence electrons. The fourth-order valence-electron chi connectivity index (χ4n) is 1.26. The molecule has 5 nitrogen and oxygen atoms in total. The Bertz CT molecular complexity index is 542. The van der Waals surface area contributed by atoms with Crippen LogP contribution in [-0.2, 0) is 4.79 Å². The summed E-state index contributed by atoms with van der Waals surface area (Å²) in [7, 11) is 0. The van der Waals surface area contributed by atoms with Crippen molar-refractivity contribution in [1.29, 1.82) is 0 Å².